The molecule has 2 aromatic carbocycles. The third kappa shape index (κ3) is 4.09. The Morgan fingerprint density at radius 3 is 2.36 bits per heavy atom. The number of rotatable bonds is 6. The third-order valence-electron chi connectivity index (χ3n) is 5.78. The lowest BCUT2D eigenvalue weighted by Gasteiger charge is -2.33. The van der Waals surface area contributed by atoms with Gasteiger partial charge in [-0.25, -0.2) is 9.18 Å². The number of H-pyrrole nitrogens is 1. The van der Waals surface area contributed by atoms with Crippen LogP contribution in [0.2, 0.25) is 0 Å². The fraction of sp³-hybridized carbons (Fsp3) is 0.250. The maximum absolute atomic E-state index is 13.7. The Labute approximate surface area is 189 Å². The zero-order valence-corrected chi connectivity index (χ0v) is 18.5. The van der Waals surface area contributed by atoms with Crippen LogP contribution in [-0.2, 0) is 16.0 Å². The average Bonchev–Trinajstić information content (AvgIpc) is 3.22. The Balaban J connectivity index is 1.69. The molecule has 2 heterocycles. The molecule has 3 aromatic rings. The molecule has 0 bridgehead atoms. The Morgan fingerprint density at radius 2 is 1.73 bits per heavy atom. The molecule has 1 saturated heterocycles. The van der Waals surface area contributed by atoms with E-state index in [1.807, 2.05) is 0 Å². The van der Waals surface area contributed by atoms with Crippen molar-refractivity contribution in [1.82, 2.24) is 14.8 Å². The molecule has 0 radical (unpaired) electrons. The highest BCUT2D eigenvalue weighted by Gasteiger charge is 2.45. The number of methoxy groups -OCH3 is 1. The second-order valence-electron chi connectivity index (χ2n) is 7.76. The van der Waals surface area contributed by atoms with Crippen molar-refractivity contribution in [3.63, 3.8) is 0 Å². The smallest absolute Gasteiger partial charge is 0.332 e. The highest BCUT2D eigenvalue weighted by molar-refractivity contribution is 6.30. The first-order valence-corrected chi connectivity index (χ1v) is 10.3. The van der Waals surface area contributed by atoms with E-state index in [2.05, 4.69) is 9.98 Å². The number of aliphatic imine (C=N–C) groups is 1. The lowest BCUT2D eigenvalue weighted by atomic mass is 9.92. The molecule has 1 fully saturated rings. The van der Waals surface area contributed by atoms with Gasteiger partial charge >= 0.3 is 6.03 Å². The van der Waals surface area contributed by atoms with Crippen LogP contribution in [0.15, 0.2) is 53.7 Å². The summed E-state index contributed by atoms with van der Waals surface area (Å²) in [6, 6.07) is 10.7. The maximum Gasteiger partial charge on any atom is 0.332 e. The molecule has 1 N–H and O–H groups in total. The molecular weight excluding hydrogens is 427 g/mol. The number of ether oxygens (including phenoxy) is 1. The molecule has 0 atom stereocenters. The molecule has 170 valence electrons. The van der Waals surface area contributed by atoms with E-state index in [0.717, 1.165) is 26.3 Å². The topological polar surface area (TPSA) is 95.1 Å². The number of amides is 4. The summed E-state index contributed by atoms with van der Waals surface area (Å²) in [5, 5.41) is 0.756. The van der Waals surface area contributed by atoms with Gasteiger partial charge in [-0.2, -0.15) is 0 Å². The summed E-state index contributed by atoms with van der Waals surface area (Å²) in [4.78, 5) is 47.6. The van der Waals surface area contributed by atoms with E-state index in [0.29, 0.717) is 17.7 Å². The number of halogens is 1. The summed E-state index contributed by atoms with van der Waals surface area (Å²) in [7, 11) is 4.22. The van der Waals surface area contributed by atoms with Gasteiger partial charge in [-0.15, -0.1) is 0 Å². The predicted octanol–water partition coefficient (Wildman–Crippen LogP) is 3.01. The molecule has 4 amide bonds. The number of benzene rings is 2. The number of urea groups is 1. The SMILES string of the molecule is COc1ccc(C(=NCCc2c[nH]c3ccc(F)cc23)C2C(=O)N(C)C(=O)N(C)C2=O)cc1. The van der Waals surface area contributed by atoms with E-state index in [-0.39, 0.29) is 18.1 Å². The zero-order chi connectivity index (χ0) is 23.7. The van der Waals surface area contributed by atoms with Crippen molar-refractivity contribution in [2.24, 2.45) is 10.9 Å². The number of imide groups is 2. The van der Waals surface area contributed by atoms with Crippen molar-refractivity contribution >= 4 is 34.5 Å². The van der Waals surface area contributed by atoms with E-state index in [1.54, 1.807) is 36.5 Å². The number of hydrogen-bond acceptors (Lipinski definition) is 5. The van der Waals surface area contributed by atoms with Gasteiger partial charge in [-0.1, -0.05) is 0 Å². The number of aromatic amines is 1. The first kappa shape index (κ1) is 22.2. The van der Waals surface area contributed by atoms with Crippen LogP contribution >= 0.6 is 0 Å². The summed E-state index contributed by atoms with van der Waals surface area (Å²) < 4.78 is 18.9. The number of carbonyl (C=O) groups is 3. The van der Waals surface area contributed by atoms with Crippen molar-refractivity contribution in [3.8, 4) is 5.75 Å². The first-order chi connectivity index (χ1) is 15.8. The molecule has 0 saturated carbocycles. The molecule has 0 aliphatic carbocycles. The lowest BCUT2D eigenvalue weighted by molar-refractivity contribution is -0.144. The second kappa shape index (κ2) is 8.85. The molecule has 1 aliphatic heterocycles. The Morgan fingerprint density at radius 1 is 1.06 bits per heavy atom. The van der Waals surface area contributed by atoms with Gasteiger partial charge in [0.15, 0.2) is 5.92 Å². The number of aromatic nitrogens is 1. The summed E-state index contributed by atoms with van der Waals surface area (Å²) in [5.41, 5.74) is 2.52. The minimum Gasteiger partial charge on any atom is -0.497 e. The van der Waals surface area contributed by atoms with E-state index in [1.165, 1.54) is 33.3 Å². The lowest BCUT2D eigenvalue weighted by Crippen LogP contribution is -2.59. The maximum atomic E-state index is 13.7. The van der Waals surface area contributed by atoms with E-state index in [9.17, 15) is 18.8 Å². The van der Waals surface area contributed by atoms with Crippen LogP contribution in [0.5, 0.6) is 5.75 Å². The third-order valence-corrected chi connectivity index (χ3v) is 5.78. The quantitative estimate of drug-likeness (QED) is 0.461. The average molecular weight is 450 g/mol. The van der Waals surface area contributed by atoms with Gasteiger partial charge in [-0.3, -0.25) is 24.4 Å². The van der Waals surface area contributed by atoms with Crippen molar-refractivity contribution < 1.29 is 23.5 Å². The standard InChI is InChI=1S/C24H23FN4O4/c1-28-22(30)20(23(31)29(2)24(28)32)21(14-4-7-17(33-3)8-5-14)26-11-10-15-13-27-19-9-6-16(25)12-18(15)19/h4-9,12-13,20,27H,10-11H2,1-3H3. The minimum absolute atomic E-state index is 0.253. The summed E-state index contributed by atoms with van der Waals surface area (Å²) in [5.74, 6) is -2.23. The van der Waals surface area contributed by atoms with Gasteiger partial charge < -0.3 is 9.72 Å². The fourth-order valence-corrected chi connectivity index (χ4v) is 3.91. The Bertz CT molecular complexity index is 1240. The van der Waals surface area contributed by atoms with Gasteiger partial charge in [0.1, 0.15) is 11.6 Å². The molecule has 0 spiro atoms. The normalized spacial score (nSPS) is 15.6. The summed E-state index contributed by atoms with van der Waals surface area (Å²) in [6.45, 7) is 0.253. The largest absolute Gasteiger partial charge is 0.497 e. The van der Waals surface area contributed by atoms with Crippen molar-refractivity contribution in [2.45, 2.75) is 6.42 Å². The number of carbonyl (C=O) groups excluding carboxylic acids is 3. The minimum atomic E-state index is -1.24. The van der Waals surface area contributed by atoms with Gasteiger partial charge in [-0.05, 0) is 60.0 Å². The van der Waals surface area contributed by atoms with Crippen LogP contribution in [-0.4, -0.2) is 66.1 Å². The molecule has 1 aromatic heterocycles. The van der Waals surface area contributed by atoms with Gasteiger partial charge in [0.2, 0.25) is 11.8 Å². The number of nitrogens with one attached hydrogen (secondary N) is 1. The number of hydrogen-bond donors (Lipinski definition) is 1. The molecular formula is C24H23FN4O4. The van der Waals surface area contributed by atoms with E-state index in [4.69, 9.17) is 4.74 Å². The molecule has 33 heavy (non-hydrogen) atoms. The highest BCUT2D eigenvalue weighted by atomic mass is 19.1. The number of nitrogens with zero attached hydrogens (tertiary/aromatic N) is 3. The summed E-state index contributed by atoms with van der Waals surface area (Å²) >= 11 is 0. The van der Waals surface area contributed by atoms with Crippen LogP contribution in [0.3, 0.4) is 0 Å². The van der Waals surface area contributed by atoms with Crippen LogP contribution in [0.4, 0.5) is 9.18 Å². The number of barbiturate groups is 1. The Hall–Kier alpha value is -4.01. The molecule has 9 heteroatoms. The summed E-state index contributed by atoms with van der Waals surface area (Å²) in [6.07, 6.45) is 2.26. The van der Waals surface area contributed by atoms with Gasteiger partial charge in [0, 0.05) is 37.7 Å². The second-order valence-corrected chi connectivity index (χ2v) is 7.76. The van der Waals surface area contributed by atoms with Crippen LogP contribution in [0, 0.1) is 11.7 Å². The molecule has 1 aliphatic rings. The van der Waals surface area contributed by atoms with Crippen LogP contribution in [0.1, 0.15) is 11.1 Å². The monoisotopic (exact) mass is 450 g/mol. The Kier molecular flexibility index (Phi) is 5.95. The molecule has 8 nitrogen and oxygen atoms in total. The molecule has 0 unspecified atom stereocenters. The van der Waals surface area contributed by atoms with Crippen LogP contribution < -0.4 is 4.74 Å². The van der Waals surface area contributed by atoms with E-state index < -0.39 is 23.8 Å². The predicted molar refractivity (Wildman–Crippen MR) is 121 cm³/mol. The van der Waals surface area contributed by atoms with Gasteiger partial charge in [0.25, 0.3) is 0 Å². The highest BCUT2D eigenvalue weighted by Crippen LogP contribution is 2.24. The molecule has 4 rings (SSSR count). The fourth-order valence-electron chi connectivity index (χ4n) is 3.91. The van der Waals surface area contributed by atoms with Crippen molar-refractivity contribution in [1.29, 1.82) is 0 Å². The number of fused-ring (bicyclic) bond motifs is 1. The first-order valence-electron chi connectivity index (χ1n) is 10.3. The van der Waals surface area contributed by atoms with E-state index >= 15 is 0 Å². The van der Waals surface area contributed by atoms with Crippen molar-refractivity contribution in [2.75, 3.05) is 27.7 Å². The van der Waals surface area contributed by atoms with Crippen molar-refractivity contribution in [3.05, 3.63) is 65.6 Å². The van der Waals surface area contributed by atoms with Crippen LogP contribution in [0.25, 0.3) is 10.9 Å². The zero-order valence-electron chi connectivity index (χ0n) is 18.5. The van der Waals surface area contributed by atoms with Gasteiger partial charge in [0.05, 0.1) is 12.8 Å².